The fourth-order valence-corrected chi connectivity index (χ4v) is 3.33. The molecular weight excluding hydrogens is 364 g/mol. The highest BCUT2D eigenvalue weighted by atomic mass is 35.5. The van der Waals surface area contributed by atoms with Crippen LogP contribution in [-0.2, 0) is 17.6 Å². The first-order chi connectivity index (χ1) is 13.0. The van der Waals surface area contributed by atoms with E-state index in [2.05, 4.69) is 16.5 Å². The van der Waals surface area contributed by atoms with E-state index < -0.39 is 0 Å². The van der Waals surface area contributed by atoms with Crippen LogP contribution in [0.25, 0.3) is 11.3 Å². The van der Waals surface area contributed by atoms with Crippen LogP contribution in [0.2, 0.25) is 5.02 Å². The molecule has 4 rings (SSSR count). The second kappa shape index (κ2) is 7.08. The van der Waals surface area contributed by atoms with E-state index in [1.54, 1.807) is 12.1 Å². The van der Waals surface area contributed by atoms with Gasteiger partial charge in [0, 0.05) is 28.8 Å². The number of nitrogens with one attached hydrogen (secondary N) is 1. The minimum absolute atomic E-state index is 0.125. The molecule has 1 atom stereocenters. The van der Waals surface area contributed by atoms with Gasteiger partial charge in [0.1, 0.15) is 11.9 Å². The third-order valence-corrected chi connectivity index (χ3v) is 4.94. The zero-order valence-corrected chi connectivity index (χ0v) is 15.8. The predicted octanol–water partition coefficient (Wildman–Crippen LogP) is 4.81. The third-order valence-electron chi connectivity index (χ3n) is 4.54. The van der Waals surface area contributed by atoms with Crippen LogP contribution < -0.4 is 10.1 Å². The topological polar surface area (TPSA) is 64.4 Å². The number of carbonyl (C=O) groups excluding carboxylic acids is 1. The SMILES string of the molecule is Cc1ccc(NC(=O)Cc2cc(-c3ccc4c(c3)CC(C)O4)on2)cc1Cl. The van der Waals surface area contributed by atoms with Gasteiger partial charge in [0.25, 0.3) is 0 Å². The Morgan fingerprint density at radius 3 is 2.93 bits per heavy atom. The van der Waals surface area contributed by atoms with E-state index in [4.69, 9.17) is 20.9 Å². The van der Waals surface area contributed by atoms with Crippen molar-refractivity contribution >= 4 is 23.2 Å². The summed E-state index contributed by atoms with van der Waals surface area (Å²) in [7, 11) is 0. The minimum atomic E-state index is -0.175. The normalized spacial score (nSPS) is 15.3. The summed E-state index contributed by atoms with van der Waals surface area (Å²) in [5.41, 5.74) is 4.28. The Hall–Kier alpha value is -2.79. The number of hydrogen-bond donors (Lipinski definition) is 1. The fraction of sp³-hybridized carbons (Fsp3) is 0.238. The molecule has 0 radical (unpaired) electrons. The smallest absolute Gasteiger partial charge is 0.230 e. The van der Waals surface area contributed by atoms with Crippen molar-refractivity contribution < 1.29 is 14.1 Å². The molecule has 138 valence electrons. The number of anilines is 1. The molecule has 0 saturated heterocycles. The van der Waals surface area contributed by atoms with Crippen LogP contribution in [0, 0.1) is 6.92 Å². The Morgan fingerprint density at radius 1 is 1.26 bits per heavy atom. The molecule has 27 heavy (non-hydrogen) atoms. The molecular formula is C21H19ClN2O3. The average Bonchev–Trinajstić information content (AvgIpc) is 3.22. The van der Waals surface area contributed by atoms with Crippen LogP contribution in [0.3, 0.4) is 0 Å². The Balaban J connectivity index is 1.44. The zero-order valence-electron chi connectivity index (χ0n) is 15.1. The van der Waals surface area contributed by atoms with E-state index in [0.717, 1.165) is 28.9 Å². The minimum Gasteiger partial charge on any atom is -0.490 e. The number of amides is 1. The zero-order chi connectivity index (χ0) is 19.0. The maximum absolute atomic E-state index is 12.3. The van der Waals surface area contributed by atoms with Gasteiger partial charge in [0.15, 0.2) is 5.76 Å². The lowest BCUT2D eigenvalue weighted by molar-refractivity contribution is -0.115. The monoisotopic (exact) mass is 382 g/mol. The van der Waals surface area contributed by atoms with Gasteiger partial charge < -0.3 is 14.6 Å². The summed E-state index contributed by atoms with van der Waals surface area (Å²) in [5.74, 6) is 1.38. The lowest BCUT2D eigenvalue weighted by Crippen LogP contribution is -2.14. The molecule has 0 bridgehead atoms. The van der Waals surface area contributed by atoms with Crippen LogP contribution in [0.4, 0.5) is 5.69 Å². The fourth-order valence-electron chi connectivity index (χ4n) is 3.15. The summed E-state index contributed by atoms with van der Waals surface area (Å²) < 4.78 is 11.2. The molecule has 1 aliphatic rings. The molecule has 0 aliphatic carbocycles. The van der Waals surface area contributed by atoms with Crippen LogP contribution in [0.15, 0.2) is 47.0 Å². The van der Waals surface area contributed by atoms with E-state index >= 15 is 0 Å². The van der Waals surface area contributed by atoms with Gasteiger partial charge in [0.05, 0.1) is 12.1 Å². The number of aryl methyl sites for hydroxylation is 1. The van der Waals surface area contributed by atoms with E-state index in [1.807, 2.05) is 38.1 Å². The van der Waals surface area contributed by atoms with Crippen LogP contribution in [0.5, 0.6) is 5.75 Å². The third kappa shape index (κ3) is 3.83. The van der Waals surface area contributed by atoms with Crippen molar-refractivity contribution in [1.29, 1.82) is 0 Å². The second-order valence-corrected chi connectivity index (χ2v) is 7.23. The van der Waals surface area contributed by atoms with Crippen LogP contribution >= 0.6 is 11.6 Å². The number of ether oxygens (including phenoxy) is 1. The highest BCUT2D eigenvalue weighted by molar-refractivity contribution is 6.31. The molecule has 5 nitrogen and oxygen atoms in total. The lowest BCUT2D eigenvalue weighted by Gasteiger charge is -2.05. The number of nitrogens with zero attached hydrogens (tertiary/aromatic N) is 1. The van der Waals surface area contributed by atoms with E-state index in [1.165, 1.54) is 0 Å². The van der Waals surface area contributed by atoms with Gasteiger partial charge in [-0.25, -0.2) is 0 Å². The van der Waals surface area contributed by atoms with Gasteiger partial charge in [-0.1, -0.05) is 22.8 Å². The largest absolute Gasteiger partial charge is 0.490 e. The number of fused-ring (bicyclic) bond motifs is 1. The Labute approximate surface area is 162 Å². The van der Waals surface area contributed by atoms with Gasteiger partial charge in [-0.3, -0.25) is 4.79 Å². The molecule has 3 aromatic rings. The van der Waals surface area contributed by atoms with Gasteiger partial charge in [0.2, 0.25) is 5.91 Å². The number of hydrogen-bond acceptors (Lipinski definition) is 4. The first-order valence-corrected chi connectivity index (χ1v) is 9.17. The van der Waals surface area contributed by atoms with E-state index in [9.17, 15) is 4.79 Å². The molecule has 1 N–H and O–H groups in total. The van der Waals surface area contributed by atoms with Gasteiger partial charge in [-0.2, -0.15) is 0 Å². The standard InChI is InChI=1S/C21H19ClN2O3/c1-12-3-5-16(9-18(12)22)23-21(25)11-17-10-20(27-24-17)14-4-6-19-15(8-14)7-13(2)26-19/h3-6,8-10,13H,7,11H2,1-2H3,(H,23,25). The van der Waals surface area contributed by atoms with Gasteiger partial charge in [-0.15, -0.1) is 0 Å². The highest BCUT2D eigenvalue weighted by Gasteiger charge is 2.20. The number of carbonyl (C=O) groups is 1. The highest BCUT2D eigenvalue weighted by Crippen LogP contribution is 2.33. The van der Waals surface area contributed by atoms with Gasteiger partial charge in [-0.05, 0) is 55.3 Å². The van der Waals surface area contributed by atoms with Crippen molar-refractivity contribution in [2.75, 3.05) is 5.32 Å². The molecule has 2 heterocycles. The molecule has 6 heteroatoms. The number of benzene rings is 2. The number of halogens is 1. The quantitative estimate of drug-likeness (QED) is 0.703. The van der Waals surface area contributed by atoms with E-state index in [-0.39, 0.29) is 18.4 Å². The molecule has 0 fully saturated rings. The summed E-state index contributed by atoms with van der Waals surface area (Å²) >= 11 is 6.09. The number of rotatable bonds is 4. The maximum atomic E-state index is 12.3. The van der Waals surface area contributed by atoms with Crippen molar-refractivity contribution in [3.8, 4) is 17.1 Å². The summed E-state index contributed by atoms with van der Waals surface area (Å²) in [5, 5.41) is 7.46. The van der Waals surface area contributed by atoms with Crippen molar-refractivity contribution in [2.45, 2.75) is 32.8 Å². The summed E-state index contributed by atoms with van der Waals surface area (Å²) in [6.07, 6.45) is 1.20. The first kappa shape index (κ1) is 17.6. The van der Waals surface area contributed by atoms with Crippen molar-refractivity contribution in [2.24, 2.45) is 0 Å². The Morgan fingerprint density at radius 2 is 2.11 bits per heavy atom. The summed E-state index contributed by atoms with van der Waals surface area (Å²) in [6, 6.07) is 13.2. The Bertz CT molecular complexity index is 1010. The van der Waals surface area contributed by atoms with Crippen molar-refractivity contribution in [3.05, 3.63) is 64.3 Å². The van der Waals surface area contributed by atoms with Crippen LogP contribution in [0.1, 0.15) is 23.7 Å². The van der Waals surface area contributed by atoms with Crippen LogP contribution in [-0.4, -0.2) is 17.2 Å². The van der Waals surface area contributed by atoms with Crippen molar-refractivity contribution in [1.82, 2.24) is 5.16 Å². The molecule has 1 unspecified atom stereocenters. The number of aromatic nitrogens is 1. The van der Waals surface area contributed by atoms with Crippen molar-refractivity contribution in [3.63, 3.8) is 0 Å². The second-order valence-electron chi connectivity index (χ2n) is 6.83. The van der Waals surface area contributed by atoms with E-state index in [0.29, 0.717) is 22.2 Å². The molecule has 0 saturated carbocycles. The molecule has 1 amide bonds. The Kier molecular flexibility index (Phi) is 4.62. The molecule has 1 aliphatic heterocycles. The first-order valence-electron chi connectivity index (χ1n) is 8.79. The van der Waals surface area contributed by atoms with Gasteiger partial charge >= 0.3 is 0 Å². The predicted molar refractivity (Wildman–Crippen MR) is 104 cm³/mol. The molecule has 2 aromatic carbocycles. The molecule has 1 aromatic heterocycles. The average molecular weight is 383 g/mol. The summed E-state index contributed by atoms with van der Waals surface area (Å²) in [4.78, 5) is 12.3. The summed E-state index contributed by atoms with van der Waals surface area (Å²) in [6.45, 7) is 3.96. The lowest BCUT2D eigenvalue weighted by atomic mass is 10.1. The molecule has 0 spiro atoms. The maximum Gasteiger partial charge on any atom is 0.230 e.